The van der Waals surface area contributed by atoms with Gasteiger partial charge < -0.3 is 11.6 Å². The summed E-state index contributed by atoms with van der Waals surface area (Å²) in [6, 6.07) is 0. The van der Waals surface area contributed by atoms with E-state index in [1.165, 1.54) is 0 Å². The fourth-order valence-electron chi connectivity index (χ4n) is 0. The van der Waals surface area contributed by atoms with Crippen LogP contribution in [0.5, 0.6) is 0 Å². The van der Waals surface area contributed by atoms with Gasteiger partial charge in [0.15, 0.2) is 0 Å². The van der Waals surface area contributed by atoms with Crippen LogP contribution in [0.15, 0.2) is 0 Å². The van der Waals surface area contributed by atoms with Crippen molar-refractivity contribution < 1.29 is 5.48 Å². The highest BCUT2D eigenvalue weighted by Crippen LogP contribution is 0.144. The Morgan fingerprint density at radius 3 is 1.00 bits per heavy atom. The Bertz CT molecular complexity index is 11.6. The van der Waals surface area contributed by atoms with Crippen molar-refractivity contribution in [2.75, 3.05) is 0 Å². The van der Waals surface area contributed by atoms with E-state index < -0.39 is 0 Å². The minimum Gasteiger partial charge on any atom is -0.412 e. The molecular formula is CH16BNOSi. The molecule has 0 spiro atoms. The van der Waals surface area contributed by atoms with Crippen molar-refractivity contribution in [3.63, 3.8) is 0 Å². The van der Waals surface area contributed by atoms with Gasteiger partial charge in [-0.15, -0.1) is 0 Å². The van der Waals surface area contributed by atoms with E-state index in [0.29, 0.717) is 0 Å². The Labute approximate surface area is 39.5 Å². The monoisotopic (exact) mass is 97.1 g/mol. The molecule has 0 aliphatic rings. The third-order valence-corrected chi connectivity index (χ3v) is 0. The highest BCUT2D eigenvalue weighted by Gasteiger charge is 0.0814. The summed E-state index contributed by atoms with van der Waals surface area (Å²) < 4.78 is 0. The fraction of sp³-hybridized carbons (Fsp3) is 1.00. The molecule has 38 valence electrons. The Kier molecular flexibility index (Phi) is 477000. The van der Waals surface area contributed by atoms with E-state index in [9.17, 15) is 0 Å². The lowest BCUT2D eigenvalue weighted by Gasteiger charge is -0.412. The van der Waals surface area contributed by atoms with Crippen LogP contribution in [0, 0.1) is 0 Å². The van der Waals surface area contributed by atoms with E-state index in [1.807, 2.05) is 0 Å². The lowest BCUT2D eigenvalue weighted by Crippen LogP contribution is -0.481. The molecule has 0 amide bonds. The van der Waals surface area contributed by atoms with Crippen molar-refractivity contribution in [2.45, 2.75) is 7.43 Å². The van der Waals surface area contributed by atoms with Crippen LogP contribution < -0.4 is 6.15 Å². The maximum absolute atomic E-state index is 0. The van der Waals surface area contributed by atoms with Crippen LogP contribution >= 0.6 is 0 Å². The molecule has 0 aromatic carbocycles. The van der Waals surface area contributed by atoms with Crippen LogP contribution in [0.25, 0.3) is 0 Å². The van der Waals surface area contributed by atoms with Crippen LogP contribution in [-0.2, 0) is 0 Å². The molecule has 0 fully saturated rings. The van der Waals surface area contributed by atoms with Gasteiger partial charge in [0.1, 0.15) is 0 Å². The van der Waals surface area contributed by atoms with Gasteiger partial charge in [0.05, 0.1) is 8.41 Å². The molecule has 0 radical (unpaired) electrons. The molecule has 0 aliphatic heterocycles. The normalized spacial score (nSPS) is 0. The maximum Gasteiger partial charge on any atom is 0.0814 e. The van der Waals surface area contributed by atoms with Gasteiger partial charge in [-0.3, -0.25) is 0 Å². The zero-order valence-corrected chi connectivity index (χ0v) is 1.21. The molecule has 0 bridgehead atoms. The van der Waals surface area contributed by atoms with Crippen molar-refractivity contribution in [2.24, 2.45) is 0 Å². The van der Waals surface area contributed by atoms with E-state index >= 15 is 0 Å². The number of rotatable bonds is 0. The second kappa shape index (κ2) is 1060. The number of hydrogen-bond donors (Lipinski definition) is 1. The third kappa shape index (κ3) is 500. The van der Waals surface area contributed by atoms with Gasteiger partial charge in [0, 0.05) is 0 Å². The Balaban J connectivity index is 0. The Morgan fingerprint density at radius 1 is 1.00 bits per heavy atom. The molecule has 5 heavy (non-hydrogen) atoms. The van der Waals surface area contributed by atoms with Gasteiger partial charge >= 0.3 is 0 Å². The SMILES string of the molecule is B.C.N.O.[SiH4]. The average molecular weight is 97.0 g/mol. The summed E-state index contributed by atoms with van der Waals surface area (Å²) in [5.74, 6) is 0. The lowest BCUT2D eigenvalue weighted by atomic mass is 10.8. The molecular weight excluding hydrogens is 80.9 g/mol. The first-order valence-corrected chi connectivity index (χ1v) is 0. The van der Waals surface area contributed by atoms with Crippen molar-refractivity contribution in [1.82, 2.24) is 6.15 Å². The molecule has 0 aromatic heterocycles. The van der Waals surface area contributed by atoms with Crippen LogP contribution in [-0.4, -0.2) is 24.9 Å². The maximum atomic E-state index is 0. The highest BCUT2D eigenvalue weighted by atomic mass is 28.1. The van der Waals surface area contributed by atoms with E-state index in [2.05, 4.69) is 0 Å². The first-order valence-electron chi connectivity index (χ1n) is 0. The second-order valence-electron chi connectivity index (χ2n) is 0. The van der Waals surface area contributed by atoms with Gasteiger partial charge in [0.2, 0.25) is 0 Å². The molecule has 4 heteroatoms. The molecule has 0 saturated heterocycles. The van der Waals surface area contributed by atoms with E-state index in [1.54, 1.807) is 0 Å². The summed E-state index contributed by atoms with van der Waals surface area (Å²) >= 11 is 0. The predicted molar refractivity (Wildman–Crippen MR) is 36.6 cm³/mol. The summed E-state index contributed by atoms with van der Waals surface area (Å²) in [6.07, 6.45) is 0. The van der Waals surface area contributed by atoms with Gasteiger partial charge in [-0.1, -0.05) is 7.43 Å². The number of hydrogen-bond acceptors (Lipinski definition) is 1. The van der Waals surface area contributed by atoms with Crippen molar-refractivity contribution in [3.05, 3.63) is 0 Å². The summed E-state index contributed by atoms with van der Waals surface area (Å²) in [6.45, 7) is 0. The quantitative estimate of drug-likeness (QED) is 0.329. The lowest BCUT2D eigenvalue weighted by molar-refractivity contribution is 0.824. The molecule has 0 rings (SSSR count). The van der Waals surface area contributed by atoms with E-state index in [0.717, 1.165) is 0 Å². The average Bonchev–Trinajstić information content (AvgIpc) is 0. The first kappa shape index (κ1) is 2250. The minimum absolute atomic E-state index is 0. The van der Waals surface area contributed by atoms with Gasteiger partial charge in [-0.25, -0.2) is 0 Å². The minimum atomic E-state index is 0. The molecule has 0 aromatic rings. The summed E-state index contributed by atoms with van der Waals surface area (Å²) in [5, 5.41) is 0. The van der Waals surface area contributed by atoms with E-state index in [4.69, 9.17) is 0 Å². The predicted octanol–water partition coefficient (Wildman–Crippen LogP) is -2.66. The van der Waals surface area contributed by atoms with Crippen molar-refractivity contribution >= 4 is 19.4 Å². The standard InChI is InChI=1S/CH4.BH3.H3N.H2O.H4Si/h1H4;2*1H3;1H2;1H4. The largest absolute Gasteiger partial charge is 0.412 e. The molecule has 0 atom stereocenters. The Morgan fingerprint density at radius 2 is 1.00 bits per heavy atom. The van der Waals surface area contributed by atoms with Crippen LogP contribution in [0.2, 0.25) is 0 Å². The van der Waals surface area contributed by atoms with Gasteiger partial charge in [-0.2, -0.15) is 0 Å². The highest BCUT2D eigenvalue weighted by molar-refractivity contribution is 5.76. The molecule has 5 N–H and O–H groups in total. The van der Waals surface area contributed by atoms with Gasteiger partial charge in [-0.05, 0) is 11.0 Å². The molecule has 0 aliphatic carbocycles. The van der Waals surface area contributed by atoms with Crippen LogP contribution in [0.3, 0.4) is 0 Å². The van der Waals surface area contributed by atoms with Crippen LogP contribution in [0.1, 0.15) is 7.43 Å². The zero-order chi connectivity index (χ0) is 0. The third-order valence-electron chi connectivity index (χ3n) is 0. The first-order chi connectivity index (χ1) is 0. The van der Waals surface area contributed by atoms with Gasteiger partial charge in [0.25, 0.3) is 0 Å². The summed E-state index contributed by atoms with van der Waals surface area (Å²) in [5.41, 5.74) is 0. The van der Waals surface area contributed by atoms with Crippen molar-refractivity contribution in [1.29, 1.82) is 0 Å². The second-order valence-corrected chi connectivity index (χ2v) is 0. The fourth-order valence-corrected chi connectivity index (χ4v) is 0. The molecule has 0 heterocycles. The van der Waals surface area contributed by atoms with Crippen LogP contribution in [0.4, 0.5) is 0 Å². The molecule has 0 unspecified atom stereocenters. The zero-order valence-electron chi connectivity index (χ0n) is 1.21. The topological polar surface area (TPSA) is 66.5 Å². The molecule has 2 nitrogen and oxygen atoms in total. The van der Waals surface area contributed by atoms with Crippen molar-refractivity contribution in [3.8, 4) is 0 Å². The molecule has 0 saturated carbocycles. The Hall–Kier alpha value is 0.202. The smallest absolute Gasteiger partial charge is 0.0814 e. The summed E-state index contributed by atoms with van der Waals surface area (Å²) in [7, 11) is 0. The van der Waals surface area contributed by atoms with E-state index in [-0.39, 0.29) is 38.4 Å². The summed E-state index contributed by atoms with van der Waals surface area (Å²) in [4.78, 5) is 0.